The van der Waals surface area contributed by atoms with Gasteiger partial charge >= 0.3 is 0 Å². The third-order valence-corrected chi connectivity index (χ3v) is 3.72. The van der Waals surface area contributed by atoms with Gasteiger partial charge in [0.25, 0.3) is 5.69 Å². The third kappa shape index (κ3) is 3.63. The number of para-hydroxylation sites is 1. The van der Waals surface area contributed by atoms with Crippen molar-refractivity contribution >= 4 is 23.2 Å². The molecule has 0 unspecified atom stereocenters. The maximum absolute atomic E-state index is 13.5. The van der Waals surface area contributed by atoms with Crippen LogP contribution >= 0.6 is 11.8 Å². The molecule has 0 aromatic heterocycles. The smallest absolute Gasteiger partial charge is 0.282 e. The van der Waals surface area contributed by atoms with Crippen LogP contribution in [0.5, 0.6) is 0 Å². The van der Waals surface area contributed by atoms with E-state index in [2.05, 4.69) is 0 Å². The van der Waals surface area contributed by atoms with E-state index >= 15 is 0 Å². The van der Waals surface area contributed by atoms with Gasteiger partial charge in [0.2, 0.25) is 0 Å². The fraction of sp³-hybridized carbons (Fsp3) is 0.0714. The molecule has 2 rings (SSSR count). The number of hydrogen-bond acceptors (Lipinski definition) is 4. The van der Waals surface area contributed by atoms with E-state index in [0.29, 0.717) is 11.0 Å². The molecule has 0 fully saturated rings. The lowest BCUT2D eigenvalue weighted by molar-refractivity contribution is -0.387. The summed E-state index contributed by atoms with van der Waals surface area (Å²) >= 11 is 0.940. The topological polar surface area (TPSA) is 60.2 Å². The zero-order valence-corrected chi connectivity index (χ0v) is 11.4. The first-order valence-corrected chi connectivity index (χ1v) is 6.82. The van der Waals surface area contributed by atoms with Crippen LogP contribution in [0.1, 0.15) is 10.4 Å². The Bertz CT molecular complexity index is 706. The molecule has 0 aliphatic heterocycles. The zero-order valence-electron chi connectivity index (χ0n) is 10.6. The van der Waals surface area contributed by atoms with Crippen molar-refractivity contribution < 1.29 is 18.5 Å². The maximum Gasteiger partial charge on any atom is 0.282 e. The second kappa shape index (κ2) is 6.45. The summed E-state index contributed by atoms with van der Waals surface area (Å²) in [5.74, 6) is -2.44. The van der Waals surface area contributed by atoms with Crippen molar-refractivity contribution in [2.24, 2.45) is 0 Å². The molecule has 2 aromatic rings. The summed E-state index contributed by atoms with van der Waals surface area (Å²) in [4.78, 5) is 22.5. The van der Waals surface area contributed by atoms with E-state index in [9.17, 15) is 23.7 Å². The number of thioether (sulfide) groups is 1. The Balaban J connectivity index is 2.13. The number of carbonyl (C=O) groups is 1. The minimum Gasteiger partial charge on any atom is -0.293 e. The summed E-state index contributed by atoms with van der Waals surface area (Å²) in [6.07, 6.45) is 0. The van der Waals surface area contributed by atoms with Crippen LogP contribution in [-0.2, 0) is 0 Å². The van der Waals surface area contributed by atoms with Gasteiger partial charge in [-0.15, -0.1) is 11.8 Å². The fourth-order valence-corrected chi connectivity index (χ4v) is 2.57. The molecule has 0 atom stereocenters. The van der Waals surface area contributed by atoms with Crippen molar-refractivity contribution in [3.05, 3.63) is 69.8 Å². The quantitative estimate of drug-likeness (QED) is 0.364. The Hall–Kier alpha value is -2.28. The highest BCUT2D eigenvalue weighted by atomic mass is 32.2. The molecule has 0 saturated carbocycles. The molecule has 0 bridgehead atoms. The van der Waals surface area contributed by atoms with E-state index in [4.69, 9.17) is 0 Å². The Labute approximate surface area is 122 Å². The van der Waals surface area contributed by atoms with Crippen LogP contribution in [0.15, 0.2) is 47.4 Å². The summed E-state index contributed by atoms with van der Waals surface area (Å²) in [6.45, 7) is 0. The van der Waals surface area contributed by atoms with Crippen LogP contribution in [0.2, 0.25) is 0 Å². The second-order valence-electron chi connectivity index (χ2n) is 4.06. The van der Waals surface area contributed by atoms with Crippen LogP contribution in [0.3, 0.4) is 0 Å². The van der Waals surface area contributed by atoms with E-state index in [-0.39, 0.29) is 17.0 Å². The lowest BCUT2D eigenvalue weighted by Gasteiger charge is -2.04. The summed E-state index contributed by atoms with van der Waals surface area (Å²) in [5.41, 5.74) is -0.350. The number of ketones is 1. The largest absolute Gasteiger partial charge is 0.293 e. The minimum absolute atomic E-state index is 0.116. The molecule has 0 N–H and O–H groups in total. The Morgan fingerprint density at radius 2 is 1.90 bits per heavy atom. The van der Waals surface area contributed by atoms with Gasteiger partial charge in [0.1, 0.15) is 11.6 Å². The first-order valence-electron chi connectivity index (χ1n) is 5.83. The summed E-state index contributed by atoms with van der Waals surface area (Å²) in [7, 11) is 0. The number of carbonyl (C=O) groups excluding carboxylic acids is 1. The van der Waals surface area contributed by atoms with Crippen LogP contribution < -0.4 is 0 Å². The summed E-state index contributed by atoms with van der Waals surface area (Å²) < 4.78 is 26.2. The molecule has 0 saturated heterocycles. The number of hydrogen-bond donors (Lipinski definition) is 0. The molecule has 0 amide bonds. The average molecular weight is 309 g/mol. The van der Waals surface area contributed by atoms with E-state index in [1.165, 1.54) is 18.2 Å². The van der Waals surface area contributed by atoms with Crippen LogP contribution in [-0.4, -0.2) is 16.5 Å². The molecule has 0 heterocycles. The van der Waals surface area contributed by atoms with Gasteiger partial charge < -0.3 is 0 Å². The molecule has 7 heteroatoms. The standard InChI is InChI=1S/C14H9F2NO3S/c15-9-5-6-10(11(16)7-9)13(18)8-21-14-4-2-1-3-12(14)17(19)20/h1-7H,8H2. The molecule has 0 spiro atoms. The first kappa shape index (κ1) is 15.1. The lowest BCUT2D eigenvalue weighted by Crippen LogP contribution is -2.06. The summed E-state index contributed by atoms with van der Waals surface area (Å²) in [5, 5.41) is 10.8. The third-order valence-electron chi connectivity index (χ3n) is 2.65. The van der Waals surface area contributed by atoms with Gasteiger partial charge in [0.15, 0.2) is 5.78 Å². The van der Waals surface area contributed by atoms with Gasteiger partial charge in [-0.05, 0) is 18.2 Å². The first-order chi connectivity index (χ1) is 9.99. The van der Waals surface area contributed by atoms with Crippen molar-refractivity contribution in [3.8, 4) is 0 Å². The number of nitro benzene ring substituents is 1. The zero-order chi connectivity index (χ0) is 15.4. The fourth-order valence-electron chi connectivity index (χ4n) is 1.67. The minimum atomic E-state index is -0.942. The average Bonchev–Trinajstić information content (AvgIpc) is 2.45. The van der Waals surface area contributed by atoms with Gasteiger partial charge in [-0.25, -0.2) is 8.78 Å². The van der Waals surface area contributed by atoms with Crippen molar-refractivity contribution in [2.75, 3.05) is 5.75 Å². The van der Waals surface area contributed by atoms with Crippen LogP contribution in [0.25, 0.3) is 0 Å². The van der Waals surface area contributed by atoms with E-state index < -0.39 is 22.3 Å². The molecule has 0 radical (unpaired) electrons. The molecule has 0 aliphatic rings. The number of nitro groups is 1. The van der Waals surface area contributed by atoms with E-state index in [1.54, 1.807) is 6.07 Å². The molecule has 21 heavy (non-hydrogen) atoms. The van der Waals surface area contributed by atoms with Gasteiger partial charge in [0, 0.05) is 12.1 Å². The maximum atomic E-state index is 13.5. The Morgan fingerprint density at radius 1 is 1.19 bits per heavy atom. The molecular weight excluding hydrogens is 300 g/mol. The highest BCUT2D eigenvalue weighted by Gasteiger charge is 2.17. The van der Waals surface area contributed by atoms with E-state index in [1.807, 2.05) is 0 Å². The Kier molecular flexibility index (Phi) is 4.64. The molecular formula is C14H9F2NO3S. The number of benzene rings is 2. The predicted octanol–water partition coefficient (Wildman–Crippen LogP) is 3.85. The van der Waals surface area contributed by atoms with Crippen LogP contribution in [0.4, 0.5) is 14.5 Å². The van der Waals surface area contributed by atoms with Crippen molar-refractivity contribution in [1.82, 2.24) is 0 Å². The molecule has 2 aromatic carbocycles. The molecule has 4 nitrogen and oxygen atoms in total. The Morgan fingerprint density at radius 3 is 2.57 bits per heavy atom. The van der Waals surface area contributed by atoms with Crippen molar-refractivity contribution in [2.45, 2.75) is 4.90 Å². The number of Topliss-reactive ketones (excluding diaryl/α,β-unsaturated/α-hetero) is 1. The van der Waals surface area contributed by atoms with Gasteiger partial charge in [-0.1, -0.05) is 12.1 Å². The number of rotatable bonds is 5. The SMILES string of the molecule is O=C(CSc1ccccc1[N+](=O)[O-])c1ccc(F)cc1F. The monoisotopic (exact) mass is 309 g/mol. The normalized spacial score (nSPS) is 10.4. The van der Waals surface area contributed by atoms with Gasteiger partial charge in [-0.2, -0.15) is 0 Å². The molecule has 0 aliphatic carbocycles. The van der Waals surface area contributed by atoms with Gasteiger partial charge in [-0.3, -0.25) is 14.9 Å². The highest BCUT2D eigenvalue weighted by Crippen LogP contribution is 2.29. The predicted molar refractivity (Wildman–Crippen MR) is 74.5 cm³/mol. The van der Waals surface area contributed by atoms with E-state index in [0.717, 1.165) is 23.9 Å². The summed E-state index contributed by atoms with van der Waals surface area (Å²) in [6, 6.07) is 8.64. The van der Waals surface area contributed by atoms with Gasteiger partial charge in [0.05, 0.1) is 21.1 Å². The van der Waals surface area contributed by atoms with Crippen molar-refractivity contribution in [1.29, 1.82) is 0 Å². The lowest BCUT2D eigenvalue weighted by atomic mass is 10.1. The molecule has 108 valence electrons. The van der Waals surface area contributed by atoms with Crippen molar-refractivity contribution in [3.63, 3.8) is 0 Å². The highest BCUT2D eigenvalue weighted by molar-refractivity contribution is 8.00. The number of halogens is 2. The van der Waals surface area contributed by atoms with Crippen LogP contribution in [0, 0.1) is 21.7 Å². The number of nitrogens with zero attached hydrogens (tertiary/aromatic N) is 1. The second-order valence-corrected chi connectivity index (χ2v) is 5.08.